The van der Waals surface area contributed by atoms with E-state index in [1.54, 1.807) is 0 Å². The summed E-state index contributed by atoms with van der Waals surface area (Å²) in [5, 5.41) is 0. The Labute approximate surface area is 63.4 Å². The molecular formula is C9H17N. The topological polar surface area (TPSA) is 3.24 Å². The Hall–Kier alpha value is -0.0400. The first-order chi connectivity index (χ1) is 4.73. The van der Waals surface area contributed by atoms with Gasteiger partial charge < -0.3 is 4.90 Å². The van der Waals surface area contributed by atoms with Crippen molar-refractivity contribution < 1.29 is 0 Å². The molecule has 0 bridgehead atoms. The molecule has 1 spiro atoms. The molecule has 1 heteroatoms. The molecule has 58 valence electrons. The zero-order valence-corrected chi connectivity index (χ0v) is 7.06. The van der Waals surface area contributed by atoms with Crippen molar-refractivity contribution in [3.05, 3.63) is 0 Å². The van der Waals surface area contributed by atoms with E-state index in [1.807, 2.05) is 0 Å². The van der Waals surface area contributed by atoms with Crippen LogP contribution in [0.25, 0.3) is 0 Å². The summed E-state index contributed by atoms with van der Waals surface area (Å²) >= 11 is 0. The largest absolute Gasteiger partial charge is 0.306 e. The molecule has 1 saturated carbocycles. The molecule has 1 nitrogen and oxygen atoms in total. The Balaban J connectivity index is 2.03. The average Bonchev–Trinajstić information content (AvgIpc) is 2.62. The van der Waals surface area contributed by atoms with Crippen LogP contribution in [0.1, 0.15) is 26.2 Å². The van der Waals surface area contributed by atoms with Crippen LogP contribution in [0.2, 0.25) is 0 Å². The lowest BCUT2D eigenvalue weighted by molar-refractivity contribution is 0.136. The van der Waals surface area contributed by atoms with Gasteiger partial charge in [-0.1, -0.05) is 6.92 Å². The summed E-state index contributed by atoms with van der Waals surface area (Å²) in [6.45, 7) is 5.12. The summed E-state index contributed by atoms with van der Waals surface area (Å²) in [6.07, 6.45) is 4.42. The van der Waals surface area contributed by atoms with Crippen LogP contribution in [0.3, 0.4) is 0 Å². The third-order valence-electron chi connectivity index (χ3n) is 3.47. The maximum absolute atomic E-state index is 2.49. The highest BCUT2D eigenvalue weighted by Crippen LogP contribution is 2.55. The minimum Gasteiger partial charge on any atom is -0.306 e. The molecule has 0 aromatic rings. The van der Waals surface area contributed by atoms with Gasteiger partial charge in [0.1, 0.15) is 0 Å². The fourth-order valence-corrected chi connectivity index (χ4v) is 2.30. The summed E-state index contributed by atoms with van der Waals surface area (Å²) in [5.74, 6) is 1.00. The number of rotatable bonds is 0. The van der Waals surface area contributed by atoms with Crippen LogP contribution in [0.5, 0.6) is 0 Å². The lowest BCUT2D eigenvalue weighted by Gasteiger charge is -2.35. The zero-order valence-electron chi connectivity index (χ0n) is 7.06. The molecule has 1 aliphatic carbocycles. The molecule has 0 unspecified atom stereocenters. The van der Waals surface area contributed by atoms with E-state index in [4.69, 9.17) is 0 Å². The highest BCUT2D eigenvalue weighted by molar-refractivity contribution is 5.01. The molecule has 2 rings (SSSR count). The van der Waals surface area contributed by atoms with Crippen molar-refractivity contribution in [2.24, 2.45) is 11.3 Å². The summed E-state index contributed by atoms with van der Waals surface area (Å²) in [7, 11) is 2.26. The SMILES string of the molecule is C[C@@H]1CCN(C)CC12CC2. The van der Waals surface area contributed by atoms with Crippen LogP contribution < -0.4 is 0 Å². The van der Waals surface area contributed by atoms with E-state index in [0.29, 0.717) is 0 Å². The Bertz CT molecular complexity index is 138. The first-order valence-corrected chi connectivity index (χ1v) is 4.41. The van der Waals surface area contributed by atoms with Gasteiger partial charge in [-0.3, -0.25) is 0 Å². The summed E-state index contributed by atoms with van der Waals surface area (Å²) < 4.78 is 0. The monoisotopic (exact) mass is 139 g/mol. The van der Waals surface area contributed by atoms with Crippen molar-refractivity contribution in [2.75, 3.05) is 20.1 Å². The normalized spacial score (nSPS) is 38.4. The van der Waals surface area contributed by atoms with Crippen molar-refractivity contribution in [1.82, 2.24) is 4.90 Å². The Morgan fingerprint density at radius 2 is 2.10 bits per heavy atom. The van der Waals surface area contributed by atoms with E-state index in [0.717, 1.165) is 11.3 Å². The van der Waals surface area contributed by atoms with Crippen LogP contribution in [0, 0.1) is 11.3 Å². The summed E-state index contributed by atoms with van der Waals surface area (Å²) in [4.78, 5) is 2.49. The van der Waals surface area contributed by atoms with E-state index >= 15 is 0 Å². The molecular weight excluding hydrogens is 122 g/mol. The van der Waals surface area contributed by atoms with Gasteiger partial charge in [-0.2, -0.15) is 0 Å². The molecule has 0 aromatic carbocycles. The molecule has 0 N–H and O–H groups in total. The highest BCUT2D eigenvalue weighted by Gasteiger charge is 2.49. The van der Waals surface area contributed by atoms with Gasteiger partial charge in [-0.25, -0.2) is 0 Å². The van der Waals surface area contributed by atoms with Gasteiger partial charge in [0.15, 0.2) is 0 Å². The van der Waals surface area contributed by atoms with Crippen LogP contribution in [-0.2, 0) is 0 Å². The van der Waals surface area contributed by atoms with E-state index in [9.17, 15) is 0 Å². The van der Waals surface area contributed by atoms with Gasteiger partial charge in [0, 0.05) is 6.54 Å². The third-order valence-corrected chi connectivity index (χ3v) is 3.47. The first-order valence-electron chi connectivity index (χ1n) is 4.41. The van der Waals surface area contributed by atoms with E-state index < -0.39 is 0 Å². The van der Waals surface area contributed by atoms with Gasteiger partial charge in [-0.05, 0) is 44.2 Å². The number of nitrogens with zero attached hydrogens (tertiary/aromatic N) is 1. The molecule has 1 saturated heterocycles. The van der Waals surface area contributed by atoms with E-state index in [1.165, 1.54) is 32.4 Å². The average molecular weight is 139 g/mol. The first kappa shape index (κ1) is 6.66. The fraction of sp³-hybridized carbons (Fsp3) is 1.00. The van der Waals surface area contributed by atoms with Crippen LogP contribution >= 0.6 is 0 Å². The van der Waals surface area contributed by atoms with E-state index in [-0.39, 0.29) is 0 Å². The number of piperidine rings is 1. The Kier molecular flexibility index (Phi) is 1.31. The van der Waals surface area contributed by atoms with Gasteiger partial charge in [0.05, 0.1) is 0 Å². The quantitative estimate of drug-likeness (QED) is 0.494. The Morgan fingerprint density at radius 1 is 1.40 bits per heavy atom. The van der Waals surface area contributed by atoms with Crippen molar-refractivity contribution in [2.45, 2.75) is 26.2 Å². The lowest BCUT2D eigenvalue weighted by atomic mass is 9.84. The molecule has 0 amide bonds. The minimum absolute atomic E-state index is 0.785. The zero-order chi connectivity index (χ0) is 7.19. The summed E-state index contributed by atoms with van der Waals surface area (Å²) in [5.41, 5.74) is 0.785. The molecule has 0 aromatic heterocycles. The van der Waals surface area contributed by atoms with Gasteiger partial charge in [0.25, 0.3) is 0 Å². The van der Waals surface area contributed by atoms with Crippen LogP contribution in [0.15, 0.2) is 0 Å². The second-order valence-corrected chi connectivity index (χ2v) is 4.29. The highest BCUT2D eigenvalue weighted by atomic mass is 15.1. The van der Waals surface area contributed by atoms with Gasteiger partial charge in [-0.15, -0.1) is 0 Å². The second-order valence-electron chi connectivity index (χ2n) is 4.29. The lowest BCUT2D eigenvalue weighted by Crippen LogP contribution is -2.38. The minimum atomic E-state index is 0.785. The molecule has 1 heterocycles. The molecule has 1 aliphatic heterocycles. The van der Waals surface area contributed by atoms with Gasteiger partial charge >= 0.3 is 0 Å². The van der Waals surface area contributed by atoms with Crippen molar-refractivity contribution in [1.29, 1.82) is 0 Å². The maximum Gasteiger partial charge on any atom is 0.00375 e. The fourth-order valence-electron chi connectivity index (χ4n) is 2.30. The predicted molar refractivity (Wildman–Crippen MR) is 42.9 cm³/mol. The van der Waals surface area contributed by atoms with Crippen molar-refractivity contribution in [3.8, 4) is 0 Å². The molecule has 10 heavy (non-hydrogen) atoms. The van der Waals surface area contributed by atoms with Crippen molar-refractivity contribution in [3.63, 3.8) is 0 Å². The Morgan fingerprint density at radius 3 is 2.60 bits per heavy atom. The molecule has 2 aliphatic rings. The van der Waals surface area contributed by atoms with Crippen LogP contribution in [0.4, 0.5) is 0 Å². The predicted octanol–water partition coefficient (Wildman–Crippen LogP) is 1.74. The third kappa shape index (κ3) is 0.878. The standard InChI is InChI=1S/C9H17N/c1-8-3-6-10(2)7-9(8)4-5-9/h8H,3-7H2,1-2H3/t8-/m1/s1. The molecule has 1 atom stereocenters. The van der Waals surface area contributed by atoms with E-state index in [2.05, 4.69) is 18.9 Å². The number of likely N-dealkylation sites (tertiary alicyclic amines) is 1. The summed E-state index contributed by atoms with van der Waals surface area (Å²) in [6, 6.07) is 0. The van der Waals surface area contributed by atoms with Crippen molar-refractivity contribution >= 4 is 0 Å². The van der Waals surface area contributed by atoms with Gasteiger partial charge in [0.2, 0.25) is 0 Å². The smallest absolute Gasteiger partial charge is 0.00375 e. The van der Waals surface area contributed by atoms with Crippen LogP contribution in [-0.4, -0.2) is 25.0 Å². The second kappa shape index (κ2) is 1.97. The molecule has 0 radical (unpaired) electrons. The maximum atomic E-state index is 2.49. The number of hydrogen-bond donors (Lipinski definition) is 0. The number of hydrogen-bond acceptors (Lipinski definition) is 1. The molecule has 2 fully saturated rings.